The number of anilines is 1. The molecule has 0 aliphatic carbocycles. The predicted octanol–water partition coefficient (Wildman–Crippen LogP) is 6.39. The monoisotopic (exact) mass is 517 g/mol. The lowest BCUT2D eigenvalue weighted by Crippen LogP contribution is -2.29. The maximum atomic E-state index is 5.95. The third-order valence-electron chi connectivity index (χ3n) is 7.80. The second kappa shape index (κ2) is 12.4. The smallest absolute Gasteiger partial charge is 0.209 e. The Morgan fingerprint density at radius 1 is 0.763 bits per heavy atom. The van der Waals surface area contributed by atoms with E-state index >= 15 is 0 Å². The van der Waals surface area contributed by atoms with E-state index in [0.717, 1.165) is 19.6 Å². The zero-order chi connectivity index (χ0) is 27.2. The molecule has 2 aromatic carbocycles. The summed E-state index contributed by atoms with van der Waals surface area (Å²) in [5.74, 6) is 0. The van der Waals surface area contributed by atoms with Crippen molar-refractivity contribution in [3.05, 3.63) is 83.6 Å². The molecular formula is C33H45N2O3+. The van der Waals surface area contributed by atoms with Crippen LogP contribution in [0.25, 0.3) is 0 Å². The number of nitrogens with zero attached hydrogens (tertiary/aromatic N) is 2. The average Bonchev–Trinajstić information content (AvgIpc) is 3.24. The van der Waals surface area contributed by atoms with Crippen molar-refractivity contribution in [3.8, 4) is 0 Å². The van der Waals surface area contributed by atoms with Gasteiger partial charge in [-0.25, -0.2) is 0 Å². The molecule has 0 atom stereocenters. The fourth-order valence-electron chi connectivity index (χ4n) is 5.76. The molecule has 38 heavy (non-hydrogen) atoms. The fourth-order valence-corrected chi connectivity index (χ4v) is 5.76. The highest BCUT2D eigenvalue weighted by Gasteiger charge is 2.43. The van der Waals surface area contributed by atoms with Crippen LogP contribution in [0.4, 0.5) is 11.4 Å². The minimum absolute atomic E-state index is 0.0355. The van der Waals surface area contributed by atoms with Gasteiger partial charge < -0.3 is 19.1 Å². The van der Waals surface area contributed by atoms with E-state index in [9.17, 15) is 0 Å². The van der Waals surface area contributed by atoms with Crippen molar-refractivity contribution in [1.82, 2.24) is 0 Å². The van der Waals surface area contributed by atoms with Crippen molar-refractivity contribution in [2.75, 3.05) is 58.1 Å². The molecule has 5 heteroatoms. The Morgan fingerprint density at radius 2 is 1.37 bits per heavy atom. The van der Waals surface area contributed by atoms with Gasteiger partial charge in [-0.3, -0.25) is 0 Å². The number of fused-ring (bicyclic) bond motifs is 2. The Kier molecular flexibility index (Phi) is 9.24. The van der Waals surface area contributed by atoms with Crippen molar-refractivity contribution in [2.24, 2.45) is 0 Å². The van der Waals surface area contributed by atoms with Gasteiger partial charge >= 0.3 is 0 Å². The summed E-state index contributed by atoms with van der Waals surface area (Å²) in [6, 6.07) is 17.4. The number of para-hydroxylation sites is 2. The summed E-state index contributed by atoms with van der Waals surface area (Å²) >= 11 is 0. The molecular weight excluding hydrogens is 472 g/mol. The Hall–Kier alpha value is -2.73. The van der Waals surface area contributed by atoms with Gasteiger partial charge in [-0.2, -0.15) is 4.58 Å². The standard InChI is InChI=1S/C33H45N2O3/c1-7-20-36-22-24-38-25-23-37-21-19-35-29-16-11-9-14-27(29)33(4,5)31(35)18-12-17-30-32(2,3)26-13-8-10-15-28(26)34(30)6/h8-18H,7,19-25H2,1-6H3/q+1. The molecule has 0 saturated carbocycles. The first-order valence-corrected chi connectivity index (χ1v) is 14.0. The Labute approximate surface area is 229 Å². The minimum Gasteiger partial charge on any atom is -0.379 e. The summed E-state index contributed by atoms with van der Waals surface area (Å²) in [7, 11) is 2.17. The second-order valence-electron chi connectivity index (χ2n) is 11.1. The van der Waals surface area contributed by atoms with Crippen LogP contribution in [0.2, 0.25) is 0 Å². The SMILES string of the molecule is CCCOCCOCCOCCN1/C(=C/C=C/C2=[N+](C)c3ccccc3C2(C)C)C(C)(C)c2ccccc21. The number of rotatable bonds is 13. The Bertz CT molecular complexity index is 1190. The van der Waals surface area contributed by atoms with E-state index < -0.39 is 0 Å². The number of hydrogen-bond donors (Lipinski definition) is 0. The van der Waals surface area contributed by atoms with Crippen molar-refractivity contribution in [1.29, 1.82) is 0 Å². The molecule has 0 bridgehead atoms. The van der Waals surface area contributed by atoms with Crippen LogP contribution < -0.4 is 4.90 Å². The van der Waals surface area contributed by atoms with Gasteiger partial charge in [-0.1, -0.05) is 63.2 Å². The van der Waals surface area contributed by atoms with Crippen molar-refractivity contribution in [3.63, 3.8) is 0 Å². The third kappa shape index (κ3) is 5.80. The van der Waals surface area contributed by atoms with Crippen LogP contribution in [-0.2, 0) is 25.0 Å². The molecule has 2 aromatic rings. The van der Waals surface area contributed by atoms with Crippen LogP contribution in [0, 0.1) is 0 Å². The number of hydrogen-bond acceptors (Lipinski definition) is 4. The maximum Gasteiger partial charge on any atom is 0.209 e. The van der Waals surface area contributed by atoms with E-state index in [4.69, 9.17) is 14.2 Å². The molecule has 0 amide bonds. The molecule has 0 aromatic heterocycles. The molecule has 204 valence electrons. The van der Waals surface area contributed by atoms with E-state index in [-0.39, 0.29) is 10.8 Å². The number of benzene rings is 2. The highest BCUT2D eigenvalue weighted by molar-refractivity contribution is 6.03. The van der Waals surface area contributed by atoms with Gasteiger partial charge in [0, 0.05) is 47.7 Å². The zero-order valence-electron chi connectivity index (χ0n) is 24.1. The van der Waals surface area contributed by atoms with Crippen molar-refractivity contribution in [2.45, 2.75) is 51.9 Å². The van der Waals surface area contributed by atoms with Gasteiger partial charge in [0.1, 0.15) is 7.05 Å². The van der Waals surface area contributed by atoms with Crippen molar-refractivity contribution >= 4 is 17.1 Å². The predicted molar refractivity (Wildman–Crippen MR) is 157 cm³/mol. The summed E-state index contributed by atoms with van der Waals surface area (Å²) in [5.41, 5.74) is 7.75. The molecule has 2 aliphatic heterocycles. The van der Waals surface area contributed by atoms with Crippen LogP contribution in [0.15, 0.2) is 72.5 Å². The lowest BCUT2D eigenvalue weighted by molar-refractivity contribution is -0.401. The van der Waals surface area contributed by atoms with E-state index in [2.05, 4.69) is 118 Å². The molecule has 0 fully saturated rings. The minimum atomic E-state index is -0.0900. The van der Waals surface area contributed by atoms with Gasteiger partial charge in [0.25, 0.3) is 0 Å². The van der Waals surface area contributed by atoms with Crippen LogP contribution in [0.5, 0.6) is 0 Å². The van der Waals surface area contributed by atoms with E-state index in [0.29, 0.717) is 33.0 Å². The van der Waals surface area contributed by atoms with Crippen LogP contribution >= 0.6 is 0 Å². The molecule has 0 N–H and O–H groups in total. The zero-order valence-corrected chi connectivity index (χ0v) is 24.1. The highest BCUT2D eigenvalue weighted by atomic mass is 16.5. The largest absolute Gasteiger partial charge is 0.379 e. The summed E-state index contributed by atoms with van der Waals surface area (Å²) in [5, 5.41) is 0. The molecule has 0 unspecified atom stereocenters. The molecule has 0 radical (unpaired) electrons. The lowest BCUT2D eigenvalue weighted by atomic mass is 9.81. The van der Waals surface area contributed by atoms with Gasteiger partial charge in [0.05, 0.1) is 38.4 Å². The molecule has 5 nitrogen and oxygen atoms in total. The van der Waals surface area contributed by atoms with E-state index in [1.165, 1.54) is 33.9 Å². The number of ether oxygens (including phenoxy) is 3. The maximum absolute atomic E-state index is 5.95. The first-order chi connectivity index (χ1) is 18.3. The highest BCUT2D eigenvalue weighted by Crippen LogP contribution is 2.47. The van der Waals surface area contributed by atoms with Crippen molar-refractivity contribution < 1.29 is 18.8 Å². The molecule has 0 saturated heterocycles. The second-order valence-corrected chi connectivity index (χ2v) is 11.1. The molecule has 4 rings (SSSR count). The molecule has 2 heterocycles. The normalized spacial score (nSPS) is 18.6. The van der Waals surface area contributed by atoms with Crippen LogP contribution in [0.1, 0.15) is 52.2 Å². The van der Waals surface area contributed by atoms with Gasteiger partial charge in [-0.05, 0) is 38.0 Å². The van der Waals surface area contributed by atoms with Gasteiger partial charge in [-0.15, -0.1) is 0 Å². The van der Waals surface area contributed by atoms with Crippen LogP contribution in [0.3, 0.4) is 0 Å². The van der Waals surface area contributed by atoms with Gasteiger partial charge in [0.15, 0.2) is 5.71 Å². The average molecular weight is 518 g/mol. The summed E-state index contributed by atoms with van der Waals surface area (Å²) in [6.45, 7) is 16.0. The fraction of sp³-hybridized carbons (Fsp3) is 0.485. The summed E-state index contributed by atoms with van der Waals surface area (Å²) in [6.07, 6.45) is 7.83. The van der Waals surface area contributed by atoms with E-state index in [1.54, 1.807) is 0 Å². The quantitative estimate of drug-likeness (QED) is 0.228. The molecule has 0 spiro atoms. The Balaban J connectivity index is 1.44. The first-order valence-electron chi connectivity index (χ1n) is 14.0. The number of allylic oxidation sites excluding steroid dienone is 4. The topological polar surface area (TPSA) is 33.9 Å². The lowest BCUT2D eigenvalue weighted by Gasteiger charge is -2.27. The summed E-state index contributed by atoms with van der Waals surface area (Å²) < 4.78 is 19.4. The van der Waals surface area contributed by atoms with Gasteiger partial charge in [0.2, 0.25) is 5.69 Å². The molecule has 2 aliphatic rings. The third-order valence-corrected chi connectivity index (χ3v) is 7.80. The Morgan fingerprint density at radius 3 is 2.05 bits per heavy atom. The van der Waals surface area contributed by atoms with E-state index in [1.807, 2.05) is 0 Å². The summed E-state index contributed by atoms with van der Waals surface area (Å²) in [4.78, 5) is 2.42. The first kappa shape index (κ1) is 28.3. The van der Waals surface area contributed by atoms with Crippen LogP contribution in [-0.4, -0.2) is 63.5 Å².